The maximum absolute atomic E-state index is 13.4. The predicted octanol–water partition coefficient (Wildman–Crippen LogP) is 3.89. The average Bonchev–Trinajstić information content (AvgIpc) is 3.47. The molecule has 174 valence electrons. The van der Waals surface area contributed by atoms with Crippen molar-refractivity contribution in [3.8, 4) is 6.07 Å². The Kier molecular flexibility index (Phi) is 6.10. The second-order valence-electron chi connectivity index (χ2n) is 8.61. The lowest BCUT2D eigenvalue weighted by Crippen LogP contribution is -2.45. The summed E-state index contributed by atoms with van der Waals surface area (Å²) in [4.78, 5) is 29.1. The summed E-state index contributed by atoms with van der Waals surface area (Å²) in [6.07, 6.45) is -2.78. The normalized spacial score (nSPS) is 20.0. The first-order valence-corrected chi connectivity index (χ1v) is 11.5. The number of hydrogen-bond acceptors (Lipinski definition) is 5. The quantitative estimate of drug-likeness (QED) is 0.730. The van der Waals surface area contributed by atoms with Crippen molar-refractivity contribution in [1.29, 1.82) is 5.26 Å². The summed E-state index contributed by atoms with van der Waals surface area (Å²) >= 11 is 1.42. The molecule has 33 heavy (non-hydrogen) atoms. The van der Waals surface area contributed by atoms with Gasteiger partial charge in [-0.3, -0.25) is 9.59 Å². The number of likely N-dealkylation sites (tertiary alicyclic amines) is 1. The number of thiophene rings is 1. The minimum atomic E-state index is -4.60. The number of anilines is 1. The Balaban J connectivity index is 1.52. The number of piperidine rings is 1. The zero-order valence-electron chi connectivity index (χ0n) is 18.0. The number of hydrogen-bond donors (Lipinski definition) is 1. The van der Waals surface area contributed by atoms with Crippen LogP contribution in [0.25, 0.3) is 0 Å². The zero-order valence-corrected chi connectivity index (χ0v) is 18.8. The highest BCUT2D eigenvalue weighted by atomic mass is 32.1. The minimum absolute atomic E-state index is 0.175. The number of benzene rings is 1. The van der Waals surface area contributed by atoms with E-state index in [0.29, 0.717) is 50.1 Å². The van der Waals surface area contributed by atoms with Gasteiger partial charge in [-0.1, -0.05) is 0 Å². The number of nitrogens with one attached hydrogen (secondary N) is 1. The standard InChI is InChI=1S/C23H23F3N4O2S/c1-28-20(31)19-11-22(14-30(19)21(32)16-4-9-33-13-16)5-7-29(8-6-22)17-3-2-15(12-27)18(10-17)23(24,25)26/h2-4,9-10,13,19H,5-8,11,14H2,1H3,(H,28,31). The maximum Gasteiger partial charge on any atom is 0.417 e. The van der Waals surface area contributed by atoms with Crippen LogP contribution in [0.3, 0.4) is 0 Å². The van der Waals surface area contributed by atoms with Crippen molar-refractivity contribution in [3.63, 3.8) is 0 Å². The highest BCUT2D eigenvalue weighted by Crippen LogP contribution is 2.45. The lowest BCUT2D eigenvalue weighted by molar-refractivity contribution is -0.137. The summed E-state index contributed by atoms with van der Waals surface area (Å²) in [7, 11) is 1.55. The Bertz CT molecular complexity index is 1090. The number of nitrogens with zero attached hydrogens (tertiary/aromatic N) is 3. The van der Waals surface area contributed by atoms with Gasteiger partial charge in [-0.25, -0.2) is 0 Å². The molecule has 3 heterocycles. The molecule has 1 N–H and O–H groups in total. The molecule has 2 saturated heterocycles. The molecule has 4 rings (SSSR count). The Hall–Kier alpha value is -3.06. The summed E-state index contributed by atoms with van der Waals surface area (Å²) in [5.41, 5.74) is -0.620. The summed E-state index contributed by atoms with van der Waals surface area (Å²) in [5, 5.41) is 15.3. The average molecular weight is 477 g/mol. The van der Waals surface area contributed by atoms with Crippen LogP contribution in [0, 0.1) is 16.7 Å². The lowest BCUT2D eigenvalue weighted by atomic mass is 9.76. The van der Waals surface area contributed by atoms with Gasteiger partial charge in [-0.15, -0.1) is 0 Å². The molecule has 2 fully saturated rings. The number of rotatable bonds is 3. The molecule has 1 aromatic heterocycles. The van der Waals surface area contributed by atoms with E-state index in [2.05, 4.69) is 5.32 Å². The monoisotopic (exact) mass is 476 g/mol. The summed E-state index contributed by atoms with van der Waals surface area (Å²) < 4.78 is 40.1. The number of halogens is 3. The minimum Gasteiger partial charge on any atom is -0.371 e. The molecule has 0 bridgehead atoms. The van der Waals surface area contributed by atoms with Crippen LogP contribution in [0.5, 0.6) is 0 Å². The van der Waals surface area contributed by atoms with E-state index in [0.717, 1.165) is 6.07 Å². The van der Waals surface area contributed by atoms with Crippen molar-refractivity contribution in [2.75, 3.05) is 31.6 Å². The van der Waals surface area contributed by atoms with Gasteiger partial charge in [0.25, 0.3) is 5.91 Å². The lowest BCUT2D eigenvalue weighted by Gasteiger charge is -2.40. The van der Waals surface area contributed by atoms with E-state index >= 15 is 0 Å². The van der Waals surface area contributed by atoms with E-state index in [9.17, 15) is 22.8 Å². The van der Waals surface area contributed by atoms with Gasteiger partial charge in [0.15, 0.2) is 0 Å². The second-order valence-corrected chi connectivity index (χ2v) is 9.39. The SMILES string of the molecule is CNC(=O)C1CC2(CCN(c3ccc(C#N)c(C(F)(F)F)c3)CC2)CN1C(=O)c1ccsc1. The fraction of sp³-hybridized carbons (Fsp3) is 0.435. The third-order valence-electron chi connectivity index (χ3n) is 6.70. The van der Waals surface area contributed by atoms with Gasteiger partial charge in [0.05, 0.1) is 22.8 Å². The molecule has 2 aliphatic rings. The first-order valence-electron chi connectivity index (χ1n) is 10.6. The predicted molar refractivity (Wildman–Crippen MR) is 118 cm³/mol. The van der Waals surface area contributed by atoms with Crippen LogP contribution in [-0.4, -0.2) is 49.4 Å². The Labute approximate surface area is 193 Å². The number of alkyl halides is 3. The van der Waals surface area contributed by atoms with Gasteiger partial charge in [-0.2, -0.15) is 29.8 Å². The summed E-state index contributed by atoms with van der Waals surface area (Å²) in [5.74, 6) is -0.383. The summed E-state index contributed by atoms with van der Waals surface area (Å²) in [6.45, 7) is 1.45. The molecule has 0 aliphatic carbocycles. The highest BCUT2D eigenvalue weighted by Gasteiger charge is 2.49. The van der Waals surface area contributed by atoms with Gasteiger partial charge >= 0.3 is 6.18 Å². The van der Waals surface area contributed by atoms with Crippen molar-refractivity contribution < 1.29 is 22.8 Å². The topological polar surface area (TPSA) is 76.4 Å². The van der Waals surface area contributed by atoms with Crippen LogP contribution in [-0.2, 0) is 11.0 Å². The smallest absolute Gasteiger partial charge is 0.371 e. The molecule has 1 unspecified atom stereocenters. The Morgan fingerprint density at radius 3 is 2.55 bits per heavy atom. The molecule has 2 amide bonds. The van der Waals surface area contributed by atoms with Crippen LogP contribution in [0.2, 0.25) is 0 Å². The maximum atomic E-state index is 13.4. The molecule has 6 nitrogen and oxygen atoms in total. The van der Waals surface area contributed by atoms with Crippen LogP contribution < -0.4 is 10.2 Å². The molecule has 10 heteroatoms. The molecule has 1 atom stereocenters. The van der Waals surface area contributed by atoms with Crippen LogP contribution in [0.1, 0.15) is 40.7 Å². The second kappa shape index (κ2) is 8.71. The number of carbonyl (C=O) groups excluding carboxylic acids is 2. The third kappa shape index (κ3) is 4.42. The number of amides is 2. The van der Waals surface area contributed by atoms with Gasteiger partial charge in [0, 0.05) is 37.7 Å². The van der Waals surface area contributed by atoms with Crippen molar-refractivity contribution in [3.05, 3.63) is 51.7 Å². The van der Waals surface area contributed by atoms with E-state index in [-0.39, 0.29) is 17.2 Å². The van der Waals surface area contributed by atoms with E-state index in [1.165, 1.54) is 17.4 Å². The molecule has 1 spiro atoms. The number of nitriles is 1. The van der Waals surface area contributed by atoms with Crippen molar-refractivity contribution >= 4 is 28.8 Å². The van der Waals surface area contributed by atoms with Crippen LogP contribution >= 0.6 is 11.3 Å². The van der Waals surface area contributed by atoms with Gasteiger partial charge in [0.2, 0.25) is 5.91 Å². The van der Waals surface area contributed by atoms with Gasteiger partial charge < -0.3 is 15.1 Å². The fourth-order valence-corrected chi connectivity index (χ4v) is 5.51. The zero-order chi connectivity index (χ0) is 23.8. The molecular weight excluding hydrogens is 453 g/mol. The molecular formula is C23H23F3N4O2S. The van der Waals surface area contributed by atoms with Crippen LogP contribution in [0.4, 0.5) is 18.9 Å². The summed E-state index contributed by atoms with van der Waals surface area (Å²) in [6, 6.07) is 6.56. The Morgan fingerprint density at radius 2 is 1.97 bits per heavy atom. The van der Waals surface area contributed by atoms with E-state index < -0.39 is 23.3 Å². The van der Waals surface area contributed by atoms with E-state index in [1.54, 1.807) is 35.5 Å². The van der Waals surface area contributed by atoms with Crippen molar-refractivity contribution in [2.45, 2.75) is 31.5 Å². The molecule has 0 radical (unpaired) electrons. The largest absolute Gasteiger partial charge is 0.417 e. The van der Waals surface area contributed by atoms with Crippen LogP contribution in [0.15, 0.2) is 35.0 Å². The Morgan fingerprint density at radius 1 is 1.24 bits per heavy atom. The van der Waals surface area contributed by atoms with Gasteiger partial charge in [-0.05, 0) is 54.3 Å². The third-order valence-corrected chi connectivity index (χ3v) is 7.39. The van der Waals surface area contributed by atoms with Crippen molar-refractivity contribution in [2.24, 2.45) is 5.41 Å². The molecule has 1 aromatic carbocycles. The van der Waals surface area contributed by atoms with E-state index in [4.69, 9.17) is 5.26 Å². The number of likely N-dealkylation sites (N-methyl/N-ethyl adjacent to an activating group) is 1. The van der Waals surface area contributed by atoms with Crippen molar-refractivity contribution in [1.82, 2.24) is 10.2 Å². The van der Waals surface area contributed by atoms with Gasteiger partial charge in [0.1, 0.15) is 6.04 Å². The first kappa shape index (κ1) is 23.1. The highest BCUT2D eigenvalue weighted by molar-refractivity contribution is 7.08. The molecule has 2 aliphatic heterocycles. The first-order chi connectivity index (χ1) is 15.7. The fourth-order valence-electron chi connectivity index (χ4n) is 4.89. The van der Waals surface area contributed by atoms with E-state index in [1.807, 2.05) is 10.3 Å². The molecule has 2 aromatic rings. The number of carbonyl (C=O) groups is 2. The molecule has 0 saturated carbocycles.